The van der Waals surface area contributed by atoms with Gasteiger partial charge in [0.05, 0.1) is 18.1 Å². The number of carbonyl (C=O) groups excluding carboxylic acids is 4. The van der Waals surface area contributed by atoms with Gasteiger partial charge in [0.2, 0.25) is 5.91 Å². The Morgan fingerprint density at radius 2 is 1.72 bits per heavy atom. The lowest BCUT2D eigenvalue weighted by Gasteiger charge is -2.26. The van der Waals surface area contributed by atoms with Crippen molar-refractivity contribution in [1.29, 1.82) is 0 Å². The number of rotatable bonds is 7. The second-order valence-electron chi connectivity index (χ2n) is 8.54. The van der Waals surface area contributed by atoms with Crippen LogP contribution < -0.4 is 10.1 Å². The Morgan fingerprint density at radius 1 is 1.06 bits per heavy atom. The van der Waals surface area contributed by atoms with Crippen molar-refractivity contribution in [3.8, 4) is 5.75 Å². The molecule has 10 heteroatoms. The second-order valence-corrected chi connectivity index (χ2v) is 9.54. The first kappa shape index (κ1) is 25.5. The van der Waals surface area contributed by atoms with Gasteiger partial charge in [0, 0.05) is 18.8 Å². The van der Waals surface area contributed by atoms with E-state index >= 15 is 0 Å². The van der Waals surface area contributed by atoms with Gasteiger partial charge in [0.25, 0.3) is 17.1 Å². The van der Waals surface area contributed by atoms with Crippen molar-refractivity contribution >= 4 is 46.5 Å². The molecule has 0 aliphatic carbocycles. The van der Waals surface area contributed by atoms with Crippen LogP contribution in [0.4, 0.5) is 10.5 Å². The predicted molar refractivity (Wildman–Crippen MR) is 137 cm³/mol. The first-order chi connectivity index (χ1) is 17.3. The van der Waals surface area contributed by atoms with E-state index in [0.29, 0.717) is 43.3 Å². The fourth-order valence-electron chi connectivity index (χ4n) is 3.89. The molecule has 4 rings (SSSR count). The van der Waals surface area contributed by atoms with E-state index in [1.54, 1.807) is 35.2 Å². The maximum atomic E-state index is 12.8. The third kappa shape index (κ3) is 6.52. The van der Waals surface area contributed by atoms with Crippen LogP contribution in [0.1, 0.15) is 16.7 Å². The summed E-state index contributed by atoms with van der Waals surface area (Å²) in [6.45, 7) is 5.60. The number of aryl methyl sites for hydroxylation is 2. The normalized spacial score (nSPS) is 17.0. The summed E-state index contributed by atoms with van der Waals surface area (Å²) >= 11 is 0.791. The standard InChI is InChI=1S/C26H27N3O6S/c1-17-11-18(2)13-20(12-17)27-23(30)15-29-25(32)22(36-26(29)33)14-19-3-5-21(6-4-19)35-16-24(31)28-7-9-34-10-8-28/h3-6,11-14H,7-10,15-16H2,1-2H3,(H,27,30)/b22-14+. The molecule has 0 unspecified atom stereocenters. The molecular weight excluding hydrogens is 482 g/mol. The van der Waals surface area contributed by atoms with E-state index in [1.165, 1.54) is 0 Å². The minimum atomic E-state index is -0.517. The van der Waals surface area contributed by atoms with Gasteiger partial charge < -0.3 is 19.7 Å². The molecule has 2 heterocycles. The number of carbonyl (C=O) groups is 4. The largest absolute Gasteiger partial charge is 0.484 e. The topological polar surface area (TPSA) is 105 Å². The third-order valence-electron chi connectivity index (χ3n) is 5.58. The van der Waals surface area contributed by atoms with Gasteiger partial charge in [-0.15, -0.1) is 0 Å². The van der Waals surface area contributed by atoms with Gasteiger partial charge in [-0.2, -0.15) is 0 Å². The van der Waals surface area contributed by atoms with Crippen molar-refractivity contribution in [2.45, 2.75) is 13.8 Å². The summed E-state index contributed by atoms with van der Waals surface area (Å²) in [5, 5.41) is 2.25. The molecule has 2 aliphatic heterocycles. The minimum absolute atomic E-state index is 0.0670. The Labute approximate surface area is 213 Å². The Kier molecular flexibility index (Phi) is 8.07. The highest BCUT2D eigenvalue weighted by Gasteiger charge is 2.36. The Balaban J connectivity index is 1.32. The number of nitrogens with one attached hydrogen (secondary N) is 1. The molecular formula is C26H27N3O6S. The van der Waals surface area contributed by atoms with Crippen LogP contribution in [0.15, 0.2) is 47.4 Å². The molecule has 0 bridgehead atoms. The van der Waals surface area contributed by atoms with Crippen LogP contribution >= 0.6 is 11.8 Å². The van der Waals surface area contributed by atoms with Gasteiger partial charge in [-0.25, -0.2) is 0 Å². The van der Waals surface area contributed by atoms with Crippen molar-refractivity contribution in [3.63, 3.8) is 0 Å². The number of benzene rings is 2. The summed E-state index contributed by atoms with van der Waals surface area (Å²) < 4.78 is 10.8. The lowest BCUT2D eigenvalue weighted by atomic mass is 10.1. The smallest absolute Gasteiger partial charge is 0.294 e. The number of thioether (sulfide) groups is 1. The Bertz CT molecular complexity index is 1180. The van der Waals surface area contributed by atoms with Crippen LogP contribution in [0.5, 0.6) is 5.75 Å². The van der Waals surface area contributed by atoms with E-state index in [4.69, 9.17) is 9.47 Å². The summed E-state index contributed by atoms with van der Waals surface area (Å²) in [6, 6.07) is 12.5. The van der Waals surface area contributed by atoms with Crippen LogP contribution in [0.2, 0.25) is 0 Å². The third-order valence-corrected chi connectivity index (χ3v) is 6.49. The molecule has 2 saturated heterocycles. The minimum Gasteiger partial charge on any atom is -0.484 e. The number of amides is 4. The van der Waals surface area contributed by atoms with Gasteiger partial charge in [0.15, 0.2) is 6.61 Å². The molecule has 2 aromatic rings. The molecule has 0 radical (unpaired) electrons. The zero-order chi connectivity index (χ0) is 25.7. The van der Waals surface area contributed by atoms with E-state index < -0.39 is 17.1 Å². The summed E-state index contributed by atoms with van der Waals surface area (Å²) in [7, 11) is 0. The molecule has 2 aliphatic rings. The van der Waals surface area contributed by atoms with Gasteiger partial charge in [-0.1, -0.05) is 18.2 Å². The molecule has 0 aromatic heterocycles. The van der Waals surface area contributed by atoms with E-state index in [9.17, 15) is 19.2 Å². The van der Waals surface area contributed by atoms with Crippen molar-refractivity contribution in [2.24, 2.45) is 0 Å². The van der Waals surface area contributed by atoms with Gasteiger partial charge in [-0.05, 0) is 72.6 Å². The number of ether oxygens (including phenoxy) is 2. The van der Waals surface area contributed by atoms with Crippen LogP contribution in [-0.2, 0) is 19.1 Å². The number of morpholine rings is 1. The molecule has 188 valence electrons. The van der Waals surface area contributed by atoms with E-state index in [-0.39, 0.29) is 24.0 Å². The quantitative estimate of drug-likeness (QED) is 0.572. The lowest BCUT2D eigenvalue weighted by molar-refractivity contribution is -0.137. The highest BCUT2D eigenvalue weighted by molar-refractivity contribution is 8.18. The fourth-order valence-corrected chi connectivity index (χ4v) is 4.73. The number of hydrogen-bond acceptors (Lipinski definition) is 7. The van der Waals surface area contributed by atoms with Crippen molar-refractivity contribution in [3.05, 3.63) is 64.1 Å². The van der Waals surface area contributed by atoms with Gasteiger partial charge in [0.1, 0.15) is 12.3 Å². The number of hydrogen-bond donors (Lipinski definition) is 1. The Morgan fingerprint density at radius 3 is 2.39 bits per heavy atom. The predicted octanol–water partition coefficient (Wildman–Crippen LogP) is 3.22. The molecule has 0 atom stereocenters. The number of imide groups is 1. The fraction of sp³-hybridized carbons (Fsp3) is 0.308. The number of anilines is 1. The average molecular weight is 510 g/mol. The summed E-state index contributed by atoms with van der Waals surface area (Å²) in [5.74, 6) is -0.545. The first-order valence-corrected chi connectivity index (χ1v) is 12.3. The monoisotopic (exact) mass is 509 g/mol. The summed E-state index contributed by atoms with van der Waals surface area (Å²) in [5.41, 5.74) is 3.31. The molecule has 36 heavy (non-hydrogen) atoms. The van der Waals surface area contributed by atoms with E-state index in [2.05, 4.69) is 5.32 Å². The van der Waals surface area contributed by atoms with E-state index in [1.807, 2.05) is 32.0 Å². The van der Waals surface area contributed by atoms with E-state index in [0.717, 1.165) is 27.8 Å². The van der Waals surface area contributed by atoms with Crippen LogP contribution in [0.3, 0.4) is 0 Å². The maximum absolute atomic E-state index is 12.8. The molecule has 0 saturated carbocycles. The van der Waals surface area contributed by atoms with Crippen molar-refractivity contribution < 1.29 is 28.7 Å². The van der Waals surface area contributed by atoms with Crippen LogP contribution in [0.25, 0.3) is 6.08 Å². The molecule has 2 fully saturated rings. The highest BCUT2D eigenvalue weighted by Crippen LogP contribution is 2.32. The van der Waals surface area contributed by atoms with Crippen molar-refractivity contribution in [2.75, 3.05) is 44.8 Å². The molecule has 0 spiro atoms. The van der Waals surface area contributed by atoms with Crippen LogP contribution in [0, 0.1) is 13.8 Å². The Hall–Kier alpha value is -3.63. The van der Waals surface area contributed by atoms with Crippen LogP contribution in [-0.4, -0.2) is 72.2 Å². The lowest BCUT2D eigenvalue weighted by Crippen LogP contribution is -2.42. The highest BCUT2D eigenvalue weighted by atomic mass is 32.2. The second kappa shape index (κ2) is 11.4. The van der Waals surface area contributed by atoms with Crippen molar-refractivity contribution in [1.82, 2.24) is 9.80 Å². The summed E-state index contributed by atoms with van der Waals surface area (Å²) in [4.78, 5) is 52.7. The SMILES string of the molecule is Cc1cc(C)cc(NC(=O)CN2C(=O)S/C(=C/c3ccc(OCC(=O)N4CCOCC4)cc3)C2=O)c1. The summed E-state index contributed by atoms with van der Waals surface area (Å²) in [6.07, 6.45) is 1.59. The zero-order valence-corrected chi connectivity index (χ0v) is 20.9. The maximum Gasteiger partial charge on any atom is 0.294 e. The molecule has 1 N–H and O–H groups in total. The molecule has 9 nitrogen and oxygen atoms in total. The zero-order valence-electron chi connectivity index (χ0n) is 20.1. The molecule has 4 amide bonds. The average Bonchev–Trinajstić information content (AvgIpc) is 3.10. The molecule has 2 aromatic carbocycles. The first-order valence-electron chi connectivity index (χ1n) is 11.5. The van der Waals surface area contributed by atoms with Gasteiger partial charge in [-0.3, -0.25) is 24.1 Å². The number of nitrogens with zero attached hydrogens (tertiary/aromatic N) is 2. The van der Waals surface area contributed by atoms with Gasteiger partial charge >= 0.3 is 0 Å².